The van der Waals surface area contributed by atoms with Crippen LogP contribution in [0.2, 0.25) is 0 Å². The number of aryl methyl sites for hydroxylation is 2. The number of ether oxygens (including phenoxy) is 2. The van der Waals surface area contributed by atoms with Gasteiger partial charge in [0.15, 0.2) is 0 Å². The van der Waals surface area contributed by atoms with Gasteiger partial charge in [-0.25, -0.2) is 4.79 Å². The number of rotatable bonds is 12. The third-order valence-electron chi connectivity index (χ3n) is 5.20. The van der Waals surface area contributed by atoms with E-state index in [-0.39, 0.29) is 26.1 Å². The Kier molecular flexibility index (Phi) is 12.3. The maximum Gasteiger partial charge on any atom is 0.408 e. The zero-order valence-corrected chi connectivity index (χ0v) is 22.2. The second kappa shape index (κ2) is 14.3. The third kappa shape index (κ3) is 10.8. The van der Waals surface area contributed by atoms with Crippen molar-refractivity contribution in [3.63, 3.8) is 0 Å². The molecule has 9 heteroatoms. The van der Waals surface area contributed by atoms with Gasteiger partial charge in [-0.3, -0.25) is 14.4 Å². The molecular weight excluding hydrogens is 450 g/mol. The predicted octanol–water partition coefficient (Wildman–Crippen LogP) is 3.57. The number of carbonyl (C=O) groups excluding carboxylic acids is 4. The van der Waals surface area contributed by atoms with Gasteiger partial charge in [-0.15, -0.1) is 0 Å². The monoisotopic (exact) mass is 491 g/mol. The van der Waals surface area contributed by atoms with Crippen molar-refractivity contribution in [2.75, 3.05) is 26.2 Å². The lowest BCUT2D eigenvalue weighted by atomic mass is 9.98. The highest BCUT2D eigenvalue weighted by Crippen LogP contribution is 2.24. The Morgan fingerprint density at radius 2 is 1.71 bits per heavy atom. The molecule has 0 saturated heterocycles. The molecular formula is C26H41N3O6. The summed E-state index contributed by atoms with van der Waals surface area (Å²) in [5.74, 6) is -1.22. The van der Waals surface area contributed by atoms with Crippen molar-refractivity contribution in [2.24, 2.45) is 0 Å². The maximum absolute atomic E-state index is 13.3. The van der Waals surface area contributed by atoms with E-state index in [9.17, 15) is 19.2 Å². The Hall–Kier alpha value is -3.10. The summed E-state index contributed by atoms with van der Waals surface area (Å²) in [6, 6.07) is 4.70. The van der Waals surface area contributed by atoms with E-state index in [4.69, 9.17) is 9.47 Å². The Morgan fingerprint density at radius 3 is 2.29 bits per heavy atom. The summed E-state index contributed by atoms with van der Waals surface area (Å²) in [6.07, 6.45) is 0.814. The van der Waals surface area contributed by atoms with Gasteiger partial charge in [0.2, 0.25) is 11.8 Å². The van der Waals surface area contributed by atoms with Crippen molar-refractivity contribution in [2.45, 2.75) is 79.4 Å². The van der Waals surface area contributed by atoms with Gasteiger partial charge >= 0.3 is 12.1 Å². The largest absolute Gasteiger partial charge is 0.466 e. The summed E-state index contributed by atoms with van der Waals surface area (Å²) < 4.78 is 10.1. The highest BCUT2D eigenvalue weighted by molar-refractivity contribution is 5.90. The molecule has 0 heterocycles. The quantitative estimate of drug-likeness (QED) is 0.432. The number of carbonyl (C=O) groups is 4. The van der Waals surface area contributed by atoms with Gasteiger partial charge in [-0.05, 0) is 64.7 Å². The number of amides is 3. The van der Waals surface area contributed by atoms with Crippen molar-refractivity contribution >= 4 is 23.9 Å². The van der Waals surface area contributed by atoms with Crippen LogP contribution in [0.5, 0.6) is 0 Å². The number of benzene rings is 1. The number of hydrogen-bond acceptors (Lipinski definition) is 6. The molecule has 0 bridgehead atoms. The lowest BCUT2D eigenvalue weighted by Gasteiger charge is -2.32. The minimum absolute atomic E-state index is 0.0301. The Labute approximate surface area is 208 Å². The topological polar surface area (TPSA) is 114 Å². The van der Waals surface area contributed by atoms with Crippen molar-refractivity contribution in [3.05, 3.63) is 34.9 Å². The van der Waals surface area contributed by atoms with E-state index in [1.165, 1.54) is 4.90 Å². The SMILES string of the molecule is CCCCN(C(=O)CNC(=O)OC(C)(C)C)C(C(=O)NCCC(=O)OCC)c1ccc(C)c(C)c1. The van der Waals surface area contributed by atoms with Crippen molar-refractivity contribution in [1.82, 2.24) is 15.5 Å². The van der Waals surface area contributed by atoms with Crippen LogP contribution in [0.25, 0.3) is 0 Å². The van der Waals surface area contributed by atoms with Crippen LogP contribution in [0.1, 0.15) is 76.6 Å². The fourth-order valence-electron chi connectivity index (χ4n) is 3.31. The number of alkyl carbamates (subject to hydrolysis) is 1. The summed E-state index contributed by atoms with van der Waals surface area (Å²) in [7, 11) is 0. The lowest BCUT2D eigenvalue weighted by Crippen LogP contribution is -2.48. The molecule has 0 saturated carbocycles. The van der Waals surface area contributed by atoms with Gasteiger partial charge in [0.25, 0.3) is 0 Å². The summed E-state index contributed by atoms with van der Waals surface area (Å²) in [5, 5.41) is 5.26. The summed E-state index contributed by atoms with van der Waals surface area (Å²) in [4.78, 5) is 51.9. The number of esters is 1. The fraction of sp³-hybridized carbons (Fsp3) is 0.615. The Bertz CT molecular complexity index is 878. The molecule has 1 aromatic carbocycles. The molecule has 9 nitrogen and oxygen atoms in total. The second-order valence-electron chi connectivity index (χ2n) is 9.39. The smallest absolute Gasteiger partial charge is 0.408 e. The predicted molar refractivity (Wildman–Crippen MR) is 134 cm³/mol. The van der Waals surface area contributed by atoms with Gasteiger partial charge in [-0.1, -0.05) is 31.5 Å². The van der Waals surface area contributed by atoms with Gasteiger partial charge in [-0.2, -0.15) is 0 Å². The average Bonchev–Trinajstić information content (AvgIpc) is 2.76. The summed E-state index contributed by atoms with van der Waals surface area (Å²) in [5.41, 5.74) is 2.01. The molecule has 1 atom stereocenters. The van der Waals surface area contributed by atoms with Crippen molar-refractivity contribution < 1.29 is 28.7 Å². The molecule has 0 aliphatic heterocycles. The van der Waals surface area contributed by atoms with Crippen LogP contribution in [0, 0.1) is 13.8 Å². The van der Waals surface area contributed by atoms with Gasteiger partial charge in [0.05, 0.1) is 13.0 Å². The molecule has 1 rings (SSSR count). The van der Waals surface area contributed by atoms with Crippen LogP contribution in [-0.2, 0) is 23.9 Å². The van der Waals surface area contributed by atoms with Gasteiger partial charge in [0.1, 0.15) is 18.2 Å². The maximum atomic E-state index is 13.3. The lowest BCUT2D eigenvalue weighted by molar-refractivity contribution is -0.143. The minimum atomic E-state index is -0.920. The van der Waals surface area contributed by atoms with E-state index in [0.29, 0.717) is 18.5 Å². The van der Waals surface area contributed by atoms with E-state index >= 15 is 0 Å². The van der Waals surface area contributed by atoms with Crippen LogP contribution in [0.15, 0.2) is 18.2 Å². The zero-order valence-electron chi connectivity index (χ0n) is 22.2. The first-order valence-corrected chi connectivity index (χ1v) is 12.2. The molecule has 1 aromatic rings. The molecule has 2 N–H and O–H groups in total. The molecule has 0 spiro atoms. The minimum Gasteiger partial charge on any atom is -0.466 e. The van der Waals surface area contributed by atoms with E-state index < -0.39 is 35.5 Å². The fourth-order valence-corrected chi connectivity index (χ4v) is 3.31. The van der Waals surface area contributed by atoms with Crippen molar-refractivity contribution in [3.8, 4) is 0 Å². The van der Waals surface area contributed by atoms with Gasteiger partial charge < -0.3 is 25.0 Å². The normalized spacial score (nSPS) is 11.9. The van der Waals surface area contributed by atoms with E-state index in [2.05, 4.69) is 10.6 Å². The zero-order chi connectivity index (χ0) is 26.6. The number of nitrogens with zero attached hydrogens (tertiary/aromatic N) is 1. The first-order valence-electron chi connectivity index (χ1n) is 12.2. The highest BCUT2D eigenvalue weighted by Gasteiger charge is 2.31. The van der Waals surface area contributed by atoms with Crippen LogP contribution in [-0.4, -0.2) is 60.6 Å². The van der Waals surface area contributed by atoms with Crippen molar-refractivity contribution in [1.29, 1.82) is 0 Å². The molecule has 35 heavy (non-hydrogen) atoms. The van der Waals surface area contributed by atoms with E-state index in [1.54, 1.807) is 27.7 Å². The second-order valence-corrected chi connectivity index (χ2v) is 9.39. The first kappa shape index (κ1) is 29.9. The molecule has 1 unspecified atom stereocenters. The van der Waals surface area contributed by atoms with Crippen LogP contribution in [0.3, 0.4) is 0 Å². The van der Waals surface area contributed by atoms with Crippen LogP contribution < -0.4 is 10.6 Å². The number of unbranched alkanes of at least 4 members (excludes halogenated alkanes) is 1. The standard InChI is InChI=1S/C26H41N3O6/c1-8-10-15-29(21(30)17-28-25(33)35-26(5,6)7)23(20-12-11-18(3)19(4)16-20)24(32)27-14-13-22(31)34-9-2/h11-12,16,23H,8-10,13-15,17H2,1-7H3,(H,27,32)(H,28,33). The Morgan fingerprint density at radius 1 is 1.03 bits per heavy atom. The van der Waals surface area contributed by atoms with Crippen LogP contribution in [0.4, 0.5) is 4.79 Å². The summed E-state index contributed by atoms with van der Waals surface area (Å²) >= 11 is 0. The summed E-state index contributed by atoms with van der Waals surface area (Å²) in [6.45, 7) is 13.2. The molecule has 0 fully saturated rings. The molecule has 196 valence electrons. The molecule has 3 amide bonds. The number of hydrogen-bond donors (Lipinski definition) is 2. The molecule has 0 radical (unpaired) electrons. The van der Waals surface area contributed by atoms with E-state index in [1.807, 2.05) is 39.0 Å². The molecule has 0 aromatic heterocycles. The Balaban J connectivity index is 3.17. The average molecular weight is 492 g/mol. The third-order valence-corrected chi connectivity index (χ3v) is 5.20. The molecule has 0 aliphatic rings. The molecule has 0 aliphatic carbocycles. The first-order chi connectivity index (χ1) is 16.4. The van der Waals surface area contributed by atoms with Crippen LogP contribution >= 0.6 is 0 Å². The van der Waals surface area contributed by atoms with E-state index in [0.717, 1.165) is 17.5 Å². The van der Waals surface area contributed by atoms with Gasteiger partial charge in [0, 0.05) is 13.1 Å². The highest BCUT2D eigenvalue weighted by atomic mass is 16.6. The number of nitrogens with one attached hydrogen (secondary N) is 2.